The minimum absolute atomic E-state index is 0.0252. The summed E-state index contributed by atoms with van der Waals surface area (Å²) in [6, 6.07) is 0.174. The van der Waals surface area contributed by atoms with Crippen LogP contribution in [0.25, 0.3) is 0 Å². The van der Waals surface area contributed by atoms with Gasteiger partial charge in [-0.1, -0.05) is 37.8 Å². The Morgan fingerprint density at radius 2 is 2.20 bits per heavy atom. The van der Waals surface area contributed by atoms with Gasteiger partial charge in [-0.25, -0.2) is 4.79 Å². The smallest absolute Gasteiger partial charge is 0.408 e. The fraction of sp³-hybridized carbons (Fsp3) is 0.700. The molecule has 15 heavy (non-hydrogen) atoms. The highest BCUT2D eigenvalue weighted by atomic mass is 79.9. The number of carbonyl (C=O) groups excluding carboxylic acids is 1. The molecule has 0 saturated heterocycles. The molecular weight excluding hydrogens is 326 g/mol. The predicted molar refractivity (Wildman–Crippen MR) is 66.4 cm³/mol. The largest absolute Gasteiger partial charge is 0.436 e. The molecule has 3 atom stereocenters. The fourth-order valence-electron chi connectivity index (χ4n) is 1.53. The van der Waals surface area contributed by atoms with E-state index in [0.29, 0.717) is 9.65 Å². The van der Waals surface area contributed by atoms with Crippen molar-refractivity contribution < 1.29 is 9.53 Å². The maximum atomic E-state index is 11.2. The Balaban J connectivity index is 2.28. The molecule has 1 rings (SSSR count). The molecule has 1 aliphatic carbocycles. The predicted octanol–water partition coefficient (Wildman–Crippen LogP) is 2.43. The second-order valence-electron chi connectivity index (χ2n) is 3.47. The number of hydrogen-bond acceptors (Lipinski definition) is 2. The van der Waals surface area contributed by atoms with Crippen LogP contribution in [0.2, 0.25) is 0 Å². The van der Waals surface area contributed by atoms with Crippen LogP contribution in [0.5, 0.6) is 0 Å². The van der Waals surface area contributed by atoms with Crippen molar-refractivity contribution in [3.8, 4) is 12.3 Å². The maximum absolute atomic E-state index is 11.2. The van der Waals surface area contributed by atoms with Gasteiger partial charge in [-0.15, -0.1) is 6.42 Å². The zero-order chi connectivity index (χ0) is 11.3. The lowest BCUT2D eigenvalue weighted by atomic mass is 9.95. The normalized spacial score (nSPS) is 30.3. The Morgan fingerprint density at radius 3 is 2.80 bits per heavy atom. The number of carbonyl (C=O) groups is 1. The molecule has 0 spiro atoms. The Hall–Kier alpha value is -0.210. The van der Waals surface area contributed by atoms with Crippen molar-refractivity contribution in [2.45, 2.75) is 35.0 Å². The van der Waals surface area contributed by atoms with Crippen molar-refractivity contribution in [3.05, 3.63) is 0 Å². The van der Waals surface area contributed by atoms with Gasteiger partial charge in [0.2, 0.25) is 0 Å². The summed E-state index contributed by atoms with van der Waals surface area (Å²) >= 11 is 7.14. The molecule has 1 N–H and O–H groups in total. The molecular formula is C10H13Br2NO2. The van der Waals surface area contributed by atoms with Gasteiger partial charge in [0.25, 0.3) is 0 Å². The van der Waals surface area contributed by atoms with Gasteiger partial charge in [-0.2, -0.15) is 0 Å². The summed E-state index contributed by atoms with van der Waals surface area (Å²) in [6.45, 7) is 0.0252. The molecule has 0 unspecified atom stereocenters. The van der Waals surface area contributed by atoms with Crippen LogP contribution < -0.4 is 5.32 Å². The van der Waals surface area contributed by atoms with Crippen molar-refractivity contribution in [1.29, 1.82) is 0 Å². The lowest BCUT2D eigenvalue weighted by Gasteiger charge is -2.29. The molecule has 1 fully saturated rings. The Bertz CT molecular complexity index is 265. The van der Waals surface area contributed by atoms with E-state index in [9.17, 15) is 4.79 Å². The van der Waals surface area contributed by atoms with Crippen molar-refractivity contribution in [2.75, 3.05) is 6.61 Å². The van der Waals surface area contributed by atoms with Gasteiger partial charge in [0.1, 0.15) is 0 Å². The summed E-state index contributed by atoms with van der Waals surface area (Å²) in [5.74, 6) is 2.25. The first-order valence-electron chi connectivity index (χ1n) is 4.78. The third kappa shape index (κ3) is 4.43. The number of nitrogens with one attached hydrogen (secondary N) is 1. The molecule has 84 valence electrons. The highest BCUT2D eigenvalue weighted by Crippen LogP contribution is 2.30. The lowest BCUT2D eigenvalue weighted by molar-refractivity contribution is 0.153. The first kappa shape index (κ1) is 12.9. The second-order valence-corrected chi connectivity index (χ2v) is 5.82. The quantitative estimate of drug-likeness (QED) is 0.620. The van der Waals surface area contributed by atoms with E-state index in [1.54, 1.807) is 0 Å². The van der Waals surface area contributed by atoms with Crippen LogP contribution in [-0.2, 0) is 4.74 Å². The first-order chi connectivity index (χ1) is 7.13. The van der Waals surface area contributed by atoms with Gasteiger partial charge >= 0.3 is 6.09 Å². The third-order valence-corrected chi connectivity index (χ3v) is 5.12. The van der Waals surface area contributed by atoms with Crippen LogP contribution in [0.4, 0.5) is 4.79 Å². The van der Waals surface area contributed by atoms with Crippen LogP contribution in [0, 0.1) is 12.3 Å². The summed E-state index contributed by atoms with van der Waals surface area (Å²) < 4.78 is 4.74. The van der Waals surface area contributed by atoms with E-state index in [-0.39, 0.29) is 12.6 Å². The molecule has 0 aromatic rings. The number of amides is 1. The number of rotatable bonds is 2. The Kier molecular flexibility index (Phi) is 5.48. The van der Waals surface area contributed by atoms with E-state index in [1.165, 1.54) is 0 Å². The molecule has 3 nitrogen and oxygen atoms in total. The van der Waals surface area contributed by atoms with Crippen LogP contribution in [0.1, 0.15) is 19.3 Å². The highest BCUT2D eigenvalue weighted by Gasteiger charge is 2.27. The zero-order valence-electron chi connectivity index (χ0n) is 8.21. The maximum Gasteiger partial charge on any atom is 0.408 e. The number of terminal acetylenes is 1. The molecule has 0 aliphatic heterocycles. The Labute approximate surface area is 107 Å². The van der Waals surface area contributed by atoms with Gasteiger partial charge < -0.3 is 10.1 Å². The third-order valence-electron chi connectivity index (χ3n) is 2.30. The van der Waals surface area contributed by atoms with E-state index >= 15 is 0 Å². The van der Waals surface area contributed by atoms with Gasteiger partial charge in [0.15, 0.2) is 6.61 Å². The van der Waals surface area contributed by atoms with E-state index in [0.717, 1.165) is 19.3 Å². The number of hydrogen-bond donors (Lipinski definition) is 1. The van der Waals surface area contributed by atoms with E-state index in [1.807, 2.05) is 0 Å². The average Bonchev–Trinajstić information content (AvgIpc) is 2.20. The molecule has 1 amide bonds. The van der Waals surface area contributed by atoms with Crippen LogP contribution in [0.3, 0.4) is 0 Å². The number of alkyl carbamates (subject to hydrolysis) is 1. The van der Waals surface area contributed by atoms with Gasteiger partial charge in [0, 0.05) is 15.7 Å². The summed E-state index contributed by atoms with van der Waals surface area (Å²) in [7, 11) is 0. The standard InChI is InChI=1S/C10H13Br2NO2/c1-2-5-15-10(14)13-7-3-4-8(11)9(12)6-7/h1,7-9H,3-6H2,(H,13,14)/t7-,8+,9+/m0/s1. The van der Waals surface area contributed by atoms with E-state index in [4.69, 9.17) is 11.2 Å². The fourth-order valence-corrected chi connectivity index (χ4v) is 2.72. The summed E-state index contributed by atoms with van der Waals surface area (Å²) in [6.07, 6.45) is 7.46. The summed E-state index contributed by atoms with van der Waals surface area (Å²) in [5, 5.41) is 2.80. The molecule has 0 aromatic carbocycles. The van der Waals surface area contributed by atoms with E-state index in [2.05, 4.69) is 43.1 Å². The Morgan fingerprint density at radius 1 is 1.47 bits per heavy atom. The molecule has 1 aliphatic rings. The number of ether oxygens (including phenoxy) is 1. The summed E-state index contributed by atoms with van der Waals surface area (Å²) in [4.78, 5) is 12.1. The monoisotopic (exact) mass is 337 g/mol. The molecule has 0 bridgehead atoms. The SMILES string of the molecule is C#CCOC(=O)N[C@H]1CC[C@@H](Br)[C@H](Br)C1. The summed E-state index contributed by atoms with van der Waals surface area (Å²) in [5.41, 5.74) is 0. The van der Waals surface area contributed by atoms with Crippen LogP contribution in [0.15, 0.2) is 0 Å². The minimum Gasteiger partial charge on any atom is -0.436 e. The van der Waals surface area contributed by atoms with E-state index < -0.39 is 6.09 Å². The average molecular weight is 339 g/mol. The number of alkyl halides is 2. The molecule has 0 aromatic heterocycles. The zero-order valence-corrected chi connectivity index (χ0v) is 11.4. The van der Waals surface area contributed by atoms with Crippen molar-refractivity contribution in [1.82, 2.24) is 5.32 Å². The molecule has 5 heteroatoms. The van der Waals surface area contributed by atoms with Crippen molar-refractivity contribution in [2.24, 2.45) is 0 Å². The van der Waals surface area contributed by atoms with Gasteiger partial charge in [-0.05, 0) is 19.3 Å². The van der Waals surface area contributed by atoms with Gasteiger partial charge in [0.05, 0.1) is 0 Å². The molecule has 1 saturated carbocycles. The lowest BCUT2D eigenvalue weighted by Crippen LogP contribution is -2.41. The number of halogens is 2. The van der Waals surface area contributed by atoms with Crippen molar-refractivity contribution >= 4 is 38.0 Å². The first-order valence-corrected chi connectivity index (χ1v) is 6.61. The van der Waals surface area contributed by atoms with Crippen molar-refractivity contribution in [3.63, 3.8) is 0 Å². The van der Waals surface area contributed by atoms with Gasteiger partial charge in [-0.3, -0.25) is 0 Å². The van der Waals surface area contributed by atoms with Crippen LogP contribution >= 0.6 is 31.9 Å². The second kappa shape index (κ2) is 6.39. The van der Waals surface area contributed by atoms with Crippen LogP contribution in [-0.4, -0.2) is 28.4 Å². The highest BCUT2D eigenvalue weighted by molar-refractivity contribution is 9.12. The minimum atomic E-state index is -0.425. The molecule has 0 radical (unpaired) electrons. The topological polar surface area (TPSA) is 38.3 Å². The molecule has 0 heterocycles.